The minimum absolute atomic E-state index is 0.247. The van der Waals surface area contributed by atoms with Gasteiger partial charge in [0.2, 0.25) is 0 Å². The number of imide groups is 1. The zero-order valence-electron chi connectivity index (χ0n) is 14.2. The Morgan fingerprint density at radius 2 is 1.81 bits per heavy atom. The number of Topliss-reactive ketones (excluding diaryl/α,β-unsaturated/α-hetero) is 1. The van der Waals surface area contributed by atoms with Gasteiger partial charge in [0.15, 0.2) is 5.78 Å². The molecule has 1 aliphatic rings. The van der Waals surface area contributed by atoms with Crippen LogP contribution in [0.4, 0.5) is 9.18 Å². The molecule has 3 aromatic rings. The summed E-state index contributed by atoms with van der Waals surface area (Å²) in [6.45, 7) is -0.374. The van der Waals surface area contributed by atoms with E-state index in [0.29, 0.717) is 6.42 Å². The summed E-state index contributed by atoms with van der Waals surface area (Å²) in [6, 6.07) is 11.4. The molecule has 1 saturated heterocycles. The first-order valence-electron chi connectivity index (χ1n) is 8.48. The Morgan fingerprint density at radius 1 is 1.07 bits per heavy atom. The molecule has 3 amide bonds. The monoisotopic (exact) mass is 365 g/mol. The molecule has 4 rings (SSSR count). The highest BCUT2D eigenvalue weighted by Gasteiger charge is 2.39. The minimum Gasteiger partial charge on any atom is -0.361 e. The number of hydrogen-bond acceptors (Lipinski definition) is 3. The molecule has 0 radical (unpaired) electrons. The average molecular weight is 365 g/mol. The Kier molecular flexibility index (Phi) is 4.19. The smallest absolute Gasteiger partial charge is 0.325 e. The summed E-state index contributed by atoms with van der Waals surface area (Å²) in [4.78, 5) is 41.1. The summed E-state index contributed by atoms with van der Waals surface area (Å²) in [5, 5.41) is 3.62. The lowest BCUT2D eigenvalue weighted by atomic mass is 10.0. The molecule has 1 unspecified atom stereocenters. The van der Waals surface area contributed by atoms with Crippen molar-refractivity contribution in [2.75, 3.05) is 6.54 Å². The van der Waals surface area contributed by atoms with E-state index in [2.05, 4.69) is 10.3 Å². The molecule has 2 heterocycles. The van der Waals surface area contributed by atoms with Crippen LogP contribution in [0.1, 0.15) is 15.9 Å². The second-order valence-corrected chi connectivity index (χ2v) is 6.42. The van der Waals surface area contributed by atoms with Crippen LogP contribution >= 0.6 is 0 Å². The van der Waals surface area contributed by atoms with Gasteiger partial charge in [0, 0.05) is 29.1 Å². The third-order valence-electron chi connectivity index (χ3n) is 4.67. The van der Waals surface area contributed by atoms with Crippen molar-refractivity contribution >= 4 is 28.6 Å². The summed E-state index contributed by atoms with van der Waals surface area (Å²) >= 11 is 0. The number of amides is 3. The summed E-state index contributed by atoms with van der Waals surface area (Å²) in [7, 11) is 0. The molecule has 0 spiro atoms. The van der Waals surface area contributed by atoms with Gasteiger partial charge in [0.05, 0.1) is 6.54 Å². The van der Waals surface area contributed by atoms with Gasteiger partial charge in [-0.3, -0.25) is 14.5 Å². The summed E-state index contributed by atoms with van der Waals surface area (Å²) in [5.41, 5.74) is 2.11. The summed E-state index contributed by atoms with van der Waals surface area (Å²) in [5.74, 6) is -1.33. The second-order valence-electron chi connectivity index (χ2n) is 6.42. The molecule has 0 saturated carbocycles. The highest BCUT2D eigenvalue weighted by atomic mass is 19.1. The van der Waals surface area contributed by atoms with Gasteiger partial charge in [-0.15, -0.1) is 0 Å². The molecular formula is C20H16FN3O3. The Morgan fingerprint density at radius 3 is 2.59 bits per heavy atom. The van der Waals surface area contributed by atoms with Crippen LogP contribution in [0.3, 0.4) is 0 Å². The van der Waals surface area contributed by atoms with Gasteiger partial charge in [-0.2, -0.15) is 0 Å². The molecule has 6 nitrogen and oxygen atoms in total. The van der Waals surface area contributed by atoms with Gasteiger partial charge in [-0.05, 0) is 35.9 Å². The number of carbonyl (C=O) groups is 3. The molecule has 27 heavy (non-hydrogen) atoms. The first-order valence-corrected chi connectivity index (χ1v) is 8.48. The average Bonchev–Trinajstić information content (AvgIpc) is 3.19. The van der Waals surface area contributed by atoms with Gasteiger partial charge in [0.1, 0.15) is 11.9 Å². The zero-order chi connectivity index (χ0) is 19.0. The van der Waals surface area contributed by atoms with Gasteiger partial charge >= 0.3 is 6.03 Å². The van der Waals surface area contributed by atoms with Crippen molar-refractivity contribution in [3.05, 3.63) is 71.7 Å². The highest BCUT2D eigenvalue weighted by molar-refractivity contribution is 6.09. The molecule has 0 aliphatic carbocycles. The number of hydrogen-bond donors (Lipinski definition) is 2. The normalized spacial score (nSPS) is 16.8. The number of benzene rings is 2. The molecule has 1 aliphatic heterocycles. The molecule has 7 heteroatoms. The second kappa shape index (κ2) is 6.68. The fourth-order valence-corrected chi connectivity index (χ4v) is 3.26. The maximum absolute atomic E-state index is 13.0. The summed E-state index contributed by atoms with van der Waals surface area (Å²) < 4.78 is 13.0. The summed E-state index contributed by atoms with van der Waals surface area (Å²) in [6.07, 6.45) is 2.15. The lowest BCUT2D eigenvalue weighted by Crippen LogP contribution is -2.36. The Hall–Kier alpha value is -3.48. The highest BCUT2D eigenvalue weighted by Crippen LogP contribution is 2.21. The topological polar surface area (TPSA) is 82.3 Å². The zero-order valence-corrected chi connectivity index (χ0v) is 14.2. The predicted octanol–water partition coefficient (Wildman–Crippen LogP) is 2.65. The molecule has 1 aromatic heterocycles. The standard InChI is InChI=1S/C20H16FN3O3/c21-14-7-5-12(6-8-14)18(25)11-24-19(26)17(23-20(24)27)9-13-10-22-16-4-2-1-3-15(13)16/h1-8,10,17,22H,9,11H2,(H,23,27). The van der Waals surface area contributed by atoms with Crippen LogP contribution in [0, 0.1) is 5.82 Å². The van der Waals surface area contributed by atoms with E-state index in [4.69, 9.17) is 0 Å². The predicted molar refractivity (Wildman–Crippen MR) is 96.8 cm³/mol. The Balaban J connectivity index is 1.48. The van der Waals surface area contributed by atoms with Gasteiger partial charge in [0.25, 0.3) is 5.91 Å². The van der Waals surface area contributed by atoms with Crippen LogP contribution in [0.5, 0.6) is 0 Å². The van der Waals surface area contributed by atoms with Crippen LogP contribution in [0.2, 0.25) is 0 Å². The van der Waals surface area contributed by atoms with Crippen molar-refractivity contribution in [1.82, 2.24) is 15.2 Å². The molecule has 1 fully saturated rings. The number of halogens is 1. The number of carbonyl (C=O) groups excluding carboxylic acids is 3. The van der Waals surface area contributed by atoms with Gasteiger partial charge in [-0.25, -0.2) is 9.18 Å². The number of urea groups is 1. The van der Waals surface area contributed by atoms with Gasteiger partial charge < -0.3 is 10.3 Å². The first kappa shape index (κ1) is 17.0. The lowest BCUT2D eigenvalue weighted by molar-refractivity contribution is -0.127. The fraction of sp³-hybridized carbons (Fsp3) is 0.150. The number of aromatic amines is 1. The van der Waals surface area contributed by atoms with Crippen molar-refractivity contribution in [2.24, 2.45) is 0 Å². The van der Waals surface area contributed by atoms with E-state index < -0.39 is 29.6 Å². The minimum atomic E-state index is -0.724. The van der Waals surface area contributed by atoms with E-state index >= 15 is 0 Å². The van der Waals surface area contributed by atoms with E-state index in [0.717, 1.165) is 21.4 Å². The number of para-hydroxylation sites is 1. The molecule has 2 aromatic carbocycles. The quantitative estimate of drug-likeness (QED) is 0.539. The number of H-pyrrole nitrogens is 1. The first-order chi connectivity index (χ1) is 13.0. The Bertz CT molecular complexity index is 1040. The third-order valence-corrected chi connectivity index (χ3v) is 4.67. The van der Waals surface area contributed by atoms with Crippen molar-refractivity contribution in [1.29, 1.82) is 0 Å². The SMILES string of the molecule is O=C(CN1C(=O)NC(Cc2c[nH]c3ccccc23)C1=O)c1ccc(F)cc1. The van der Waals surface area contributed by atoms with E-state index in [9.17, 15) is 18.8 Å². The van der Waals surface area contributed by atoms with Crippen LogP contribution < -0.4 is 5.32 Å². The fourth-order valence-electron chi connectivity index (χ4n) is 3.26. The number of aromatic nitrogens is 1. The number of nitrogens with zero attached hydrogens (tertiary/aromatic N) is 1. The number of ketones is 1. The molecule has 0 bridgehead atoms. The number of nitrogens with one attached hydrogen (secondary N) is 2. The van der Waals surface area contributed by atoms with E-state index in [1.54, 1.807) is 0 Å². The van der Waals surface area contributed by atoms with Gasteiger partial charge in [-0.1, -0.05) is 18.2 Å². The maximum Gasteiger partial charge on any atom is 0.325 e. The Labute approximate surface area is 154 Å². The van der Waals surface area contributed by atoms with E-state index in [1.165, 1.54) is 24.3 Å². The van der Waals surface area contributed by atoms with Crippen LogP contribution in [0.15, 0.2) is 54.7 Å². The van der Waals surface area contributed by atoms with Crippen molar-refractivity contribution in [3.8, 4) is 0 Å². The lowest BCUT2D eigenvalue weighted by Gasteiger charge is -2.12. The van der Waals surface area contributed by atoms with Crippen LogP contribution in [-0.4, -0.2) is 40.2 Å². The number of fused-ring (bicyclic) bond motifs is 1. The molecular weight excluding hydrogens is 349 g/mol. The van der Waals surface area contributed by atoms with Crippen LogP contribution in [-0.2, 0) is 11.2 Å². The number of rotatable bonds is 5. The van der Waals surface area contributed by atoms with Crippen molar-refractivity contribution < 1.29 is 18.8 Å². The maximum atomic E-state index is 13.0. The third kappa shape index (κ3) is 3.19. The van der Waals surface area contributed by atoms with Crippen molar-refractivity contribution in [3.63, 3.8) is 0 Å². The van der Waals surface area contributed by atoms with Crippen LogP contribution in [0.25, 0.3) is 10.9 Å². The molecule has 2 N–H and O–H groups in total. The molecule has 136 valence electrons. The molecule has 1 atom stereocenters. The largest absolute Gasteiger partial charge is 0.361 e. The van der Waals surface area contributed by atoms with E-state index in [-0.39, 0.29) is 12.1 Å². The van der Waals surface area contributed by atoms with Crippen molar-refractivity contribution in [2.45, 2.75) is 12.5 Å². The van der Waals surface area contributed by atoms with E-state index in [1.807, 2.05) is 30.5 Å².